The second kappa shape index (κ2) is 3.90. The van der Waals surface area contributed by atoms with Crippen LogP contribution in [0.1, 0.15) is 10.4 Å². The number of hydrogen-bond acceptors (Lipinski definition) is 2. The van der Waals surface area contributed by atoms with Crippen molar-refractivity contribution in [2.24, 2.45) is 0 Å². The Morgan fingerprint density at radius 3 is 2.73 bits per heavy atom. The van der Waals surface area contributed by atoms with Crippen molar-refractivity contribution in [1.82, 2.24) is 4.90 Å². The number of aliphatic hydroxyl groups excluding tert-OH is 1. The van der Waals surface area contributed by atoms with Gasteiger partial charge in [-0.1, -0.05) is 0 Å². The Balaban J connectivity index is 2.16. The number of carbonyl (C=O) groups excluding carboxylic acids is 1. The van der Waals surface area contributed by atoms with Gasteiger partial charge in [0, 0.05) is 18.7 Å². The maximum absolute atomic E-state index is 12.9. The first-order chi connectivity index (χ1) is 7.08. The Hall–Kier alpha value is -0.940. The molecule has 0 atom stereocenters. The first kappa shape index (κ1) is 10.6. The van der Waals surface area contributed by atoms with Crippen LogP contribution in [0.3, 0.4) is 0 Å². The number of β-amino-alcohol motifs (C(OH)–C–C–N with tert-alkyl or cyclic N) is 1. The Morgan fingerprint density at radius 2 is 2.20 bits per heavy atom. The smallest absolute Gasteiger partial charge is 0.254 e. The monoisotopic (exact) mass is 273 g/mol. The molecule has 0 aromatic heterocycles. The molecule has 15 heavy (non-hydrogen) atoms. The van der Waals surface area contributed by atoms with Crippen LogP contribution < -0.4 is 0 Å². The molecule has 0 spiro atoms. The molecule has 1 saturated heterocycles. The minimum absolute atomic E-state index is 0.180. The number of carbonyl (C=O) groups is 1. The van der Waals surface area contributed by atoms with E-state index >= 15 is 0 Å². The fourth-order valence-electron chi connectivity index (χ4n) is 1.43. The van der Waals surface area contributed by atoms with Gasteiger partial charge >= 0.3 is 0 Å². The molecule has 1 fully saturated rings. The first-order valence-electron chi connectivity index (χ1n) is 4.50. The van der Waals surface area contributed by atoms with Crippen LogP contribution in [0.2, 0.25) is 0 Å². The van der Waals surface area contributed by atoms with E-state index in [0.29, 0.717) is 18.7 Å². The van der Waals surface area contributed by atoms with E-state index in [1.165, 1.54) is 23.1 Å². The molecule has 3 nitrogen and oxygen atoms in total. The van der Waals surface area contributed by atoms with Gasteiger partial charge in [-0.25, -0.2) is 4.39 Å². The van der Waals surface area contributed by atoms with E-state index in [1.807, 2.05) is 0 Å². The standard InChI is InChI=1S/C10H9BrFNO2/c11-8-3-6(1-2-9(8)12)10(15)13-4-7(14)5-13/h1-3,7,14H,4-5H2. The topological polar surface area (TPSA) is 40.5 Å². The highest BCUT2D eigenvalue weighted by atomic mass is 79.9. The highest BCUT2D eigenvalue weighted by Gasteiger charge is 2.29. The Labute approximate surface area is 94.6 Å². The van der Waals surface area contributed by atoms with Crippen LogP contribution in [-0.4, -0.2) is 35.1 Å². The fourth-order valence-corrected chi connectivity index (χ4v) is 1.81. The van der Waals surface area contributed by atoms with Gasteiger partial charge in [-0.15, -0.1) is 0 Å². The van der Waals surface area contributed by atoms with E-state index in [4.69, 9.17) is 5.11 Å². The van der Waals surface area contributed by atoms with Gasteiger partial charge in [0.15, 0.2) is 0 Å². The van der Waals surface area contributed by atoms with Gasteiger partial charge in [-0.2, -0.15) is 0 Å². The number of benzene rings is 1. The molecule has 1 aromatic carbocycles. The van der Waals surface area contributed by atoms with Crippen LogP contribution in [0.4, 0.5) is 4.39 Å². The van der Waals surface area contributed by atoms with Crippen molar-refractivity contribution in [2.45, 2.75) is 6.10 Å². The van der Waals surface area contributed by atoms with Crippen molar-refractivity contribution >= 4 is 21.8 Å². The van der Waals surface area contributed by atoms with Gasteiger partial charge in [-0.05, 0) is 34.1 Å². The number of halogens is 2. The maximum Gasteiger partial charge on any atom is 0.254 e. The molecule has 5 heteroatoms. The molecule has 0 unspecified atom stereocenters. The predicted molar refractivity (Wildman–Crippen MR) is 56.0 cm³/mol. The summed E-state index contributed by atoms with van der Waals surface area (Å²) in [6.45, 7) is 0.710. The van der Waals surface area contributed by atoms with E-state index in [0.717, 1.165) is 0 Å². The lowest BCUT2D eigenvalue weighted by Gasteiger charge is -2.35. The summed E-state index contributed by atoms with van der Waals surface area (Å²) in [5.41, 5.74) is 0.426. The molecule has 1 amide bonds. The lowest BCUT2D eigenvalue weighted by atomic mass is 10.1. The number of rotatable bonds is 1. The molecule has 0 aliphatic carbocycles. The summed E-state index contributed by atoms with van der Waals surface area (Å²) in [7, 11) is 0. The largest absolute Gasteiger partial charge is 0.389 e. The van der Waals surface area contributed by atoms with E-state index in [1.54, 1.807) is 0 Å². The molecule has 80 valence electrons. The van der Waals surface area contributed by atoms with E-state index < -0.39 is 11.9 Å². The Bertz CT molecular complexity index is 404. The fraction of sp³-hybridized carbons (Fsp3) is 0.300. The zero-order valence-corrected chi connectivity index (χ0v) is 9.37. The van der Waals surface area contributed by atoms with E-state index in [2.05, 4.69) is 15.9 Å². The normalized spacial score (nSPS) is 16.3. The Morgan fingerprint density at radius 1 is 1.53 bits per heavy atom. The third kappa shape index (κ3) is 2.03. The highest BCUT2D eigenvalue weighted by Crippen LogP contribution is 2.19. The average Bonchev–Trinajstić information content (AvgIpc) is 2.16. The van der Waals surface area contributed by atoms with Gasteiger partial charge in [0.1, 0.15) is 5.82 Å². The van der Waals surface area contributed by atoms with Crippen LogP contribution in [0, 0.1) is 5.82 Å². The molecule has 0 saturated carbocycles. The lowest BCUT2D eigenvalue weighted by Crippen LogP contribution is -2.53. The summed E-state index contributed by atoms with van der Waals surface area (Å²) >= 11 is 3.02. The second-order valence-corrected chi connectivity index (χ2v) is 4.35. The minimum atomic E-state index is -0.419. The number of likely N-dealkylation sites (tertiary alicyclic amines) is 1. The SMILES string of the molecule is O=C(c1ccc(F)c(Br)c1)N1CC(O)C1. The van der Waals surface area contributed by atoms with E-state index in [-0.39, 0.29) is 10.4 Å². The van der Waals surface area contributed by atoms with Crippen molar-refractivity contribution < 1.29 is 14.3 Å². The number of aliphatic hydroxyl groups is 1. The highest BCUT2D eigenvalue weighted by molar-refractivity contribution is 9.10. The average molecular weight is 274 g/mol. The number of amides is 1. The third-order valence-corrected chi connectivity index (χ3v) is 2.92. The van der Waals surface area contributed by atoms with Crippen molar-refractivity contribution in [3.63, 3.8) is 0 Å². The molecule has 1 heterocycles. The zero-order chi connectivity index (χ0) is 11.0. The van der Waals surface area contributed by atoms with Gasteiger partial charge in [0.2, 0.25) is 0 Å². The van der Waals surface area contributed by atoms with Crippen molar-refractivity contribution in [3.8, 4) is 0 Å². The van der Waals surface area contributed by atoms with Crippen LogP contribution in [0.25, 0.3) is 0 Å². The first-order valence-corrected chi connectivity index (χ1v) is 5.29. The van der Waals surface area contributed by atoms with Crippen LogP contribution in [0.5, 0.6) is 0 Å². The van der Waals surface area contributed by atoms with Crippen LogP contribution >= 0.6 is 15.9 Å². The summed E-state index contributed by atoms with van der Waals surface area (Å²) in [6.07, 6.45) is -0.419. The second-order valence-electron chi connectivity index (χ2n) is 3.49. The Kier molecular flexibility index (Phi) is 2.75. The summed E-state index contributed by atoms with van der Waals surface area (Å²) < 4.78 is 13.2. The molecule has 1 aliphatic rings. The number of nitrogens with zero attached hydrogens (tertiary/aromatic N) is 1. The third-order valence-electron chi connectivity index (χ3n) is 2.32. The van der Waals surface area contributed by atoms with Crippen molar-refractivity contribution in [3.05, 3.63) is 34.1 Å². The molecule has 0 bridgehead atoms. The molecule has 2 rings (SSSR count). The quantitative estimate of drug-likeness (QED) is 0.841. The van der Waals surface area contributed by atoms with Crippen molar-refractivity contribution in [1.29, 1.82) is 0 Å². The van der Waals surface area contributed by atoms with Crippen molar-refractivity contribution in [2.75, 3.05) is 13.1 Å². The molecular formula is C10H9BrFNO2. The van der Waals surface area contributed by atoms with Gasteiger partial charge in [0.25, 0.3) is 5.91 Å². The lowest BCUT2D eigenvalue weighted by molar-refractivity contribution is 0.00588. The molecule has 1 aromatic rings. The summed E-state index contributed by atoms with van der Waals surface area (Å²) in [6, 6.07) is 4.13. The molecule has 1 N–H and O–H groups in total. The van der Waals surface area contributed by atoms with Gasteiger partial charge in [-0.3, -0.25) is 4.79 Å². The molecular weight excluding hydrogens is 265 g/mol. The summed E-state index contributed by atoms with van der Waals surface area (Å²) in [5, 5.41) is 9.05. The van der Waals surface area contributed by atoms with Gasteiger partial charge in [0.05, 0.1) is 10.6 Å². The van der Waals surface area contributed by atoms with E-state index in [9.17, 15) is 9.18 Å². The summed E-state index contributed by atoms with van der Waals surface area (Å²) in [4.78, 5) is 13.2. The molecule has 1 aliphatic heterocycles. The number of hydrogen-bond donors (Lipinski definition) is 1. The molecule has 0 radical (unpaired) electrons. The maximum atomic E-state index is 12.9. The predicted octanol–water partition coefficient (Wildman–Crippen LogP) is 1.40. The zero-order valence-electron chi connectivity index (χ0n) is 7.78. The minimum Gasteiger partial charge on any atom is -0.389 e. The van der Waals surface area contributed by atoms with Crippen LogP contribution in [-0.2, 0) is 0 Å². The van der Waals surface area contributed by atoms with Gasteiger partial charge < -0.3 is 10.0 Å². The summed E-state index contributed by atoms with van der Waals surface area (Å²) in [5.74, 6) is -0.573. The van der Waals surface area contributed by atoms with Crippen LogP contribution in [0.15, 0.2) is 22.7 Å².